The highest BCUT2D eigenvalue weighted by Gasteiger charge is 2.15. The highest BCUT2D eigenvalue weighted by atomic mass is 35.5. The number of aromatic amines is 1. The van der Waals surface area contributed by atoms with Gasteiger partial charge in [0, 0.05) is 24.7 Å². The zero-order chi connectivity index (χ0) is 16.8. The van der Waals surface area contributed by atoms with Crippen molar-refractivity contribution in [3.8, 4) is 11.5 Å². The summed E-state index contributed by atoms with van der Waals surface area (Å²) in [5, 5.41) is 0. The molecule has 3 rings (SSSR count). The van der Waals surface area contributed by atoms with Gasteiger partial charge in [-0.3, -0.25) is 4.79 Å². The van der Waals surface area contributed by atoms with E-state index < -0.39 is 6.04 Å². The Morgan fingerprint density at radius 3 is 2.40 bits per heavy atom. The number of nitrogens with one attached hydrogen (secondary N) is 1. The average molecular weight is 358 g/mol. The number of halogens is 1. The molecule has 0 bridgehead atoms. The molecule has 0 saturated carbocycles. The van der Waals surface area contributed by atoms with Crippen LogP contribution in [0.2, 0.25) is 0 Å². The summed E-state index contributed by atoms with van der Waals surface area (Å²) < 4.78 is 5.74. The number of carbonyl (C=O) groups is 1. The van der Waals surface area contributed by atoms with E-state index in [1.165, 1.54) is 0 Å². The van der Waals surface area contributed by atoms with Crippen molar-refractivity contribution in [3.63, 3.8) is 0 Å². The highest BCUT2D eigenvalue weighted by Crippen LogP contribution is 2.21. The minimum Gasteiger partial charge on any atom is -0.457 e. The molecule has 0 fully saturated rings. The van der Waals surface area contributed by atoms with E-state index in [0.29, 0.717) is 12.8 Å². The minimum atomic E-state index is -0.536. The van der Waals surface area contributed by atoms with Crippen molar-refractivity contribution < 1.29 is 9.53 Å². The van der Waals surface area contributed by atoms with E-state index in [4.69, 9.17) is 10.5 Å². The molecule has 0 saturated heterocycles. The van der Waals surface area contributed by atoms with Crippen molar-refractivity contribution in [2.45, 2.75) is 18.9 Å². The molecular weight excluding hydrogens is 338 g/mol. The van der Waals surface area contributed by atoms with Crippen LogP contribution < -0.4 is 10.5 Å². The molecule has 0 unspecified atom stereocenters. The van der Waals surface area contributed by atoms with Crippen molar-refractivity contribution in [2.75, 3.05) is 0 Å². The number of carbonyl (C=O) groups excluding carboxylic acids is 1. The molecule has 6 heteroatoms. The summed E-state index contributed by atoms with van der Waals surface area (Å²) in [6, 6.07) is 16.5. The van der Waals surface area contributed by atoms with Crippen molar-refractivity contribution in [1.29, 1.82) is 0 Å². The van der Waals surface area contributed by atoms with Crippen molar-refractivity contribution in [3.05, 3.63) is 78.4 Å². The number of hydrogen-bond acceptors (Lipinski definition) is 4. The van der Waals surface area contributed by atoms with Crippen LogP contribution in [0.15, 0.2) is 67.1 Å². The van der Waals surface area contributed by atoms with Crippen molar-refractivity contribution in [1.82, 2.24) is 9.97 Å². The number of H-pyrrole nitrogens is 1. The number of benzene rings is 2. The molecule has 2 aromatic carbocycles. The van der Waals surface area contributed by atoms with Crippen LogP contribution in [0, 0.1) is 0 Å². The number of ether oxygens (including phenoxy) is 1. The third kappa shape index (κ3) is 5.45. The lowest BCUT2D eigenvalue weighted by molar-refractivity contribution is -0.119. The van der Waals surface area contributed by atoms with Crippen LogP contribution in [0.4, 0.5) is 0 Å². The zero-order valence-electron chi connectivity index (χ0n) is 13.6. The fraction of sp³-hybridized carbons (Fsp3) is 0.158. The van der Waals surface area contributed by atoms with Crippen molar-refractivity contribution in [2.24, 2.45) is 5.73 Å². The molecule has 0 spiro atoms. The largest absolute Gasteiger partial charge is 0.457 e. The standard InChI is InChI=1S/C19H19N3O2.ClH/c20-18(11-15-12-21-13-22-15)19(23)10-14-6-8-17(9-7-14)24-16-4-2-1-3-5-16;/h1-9,12-13,18H,10-11,20H2,(H,21,22);1H/t18-;/m0./s1. The lowest BCUT2D eigenvalue weighted by Crippen LogP contribution is -2.34. The number of aromatic nitrogens is 2. The molecule has 5 nitrogen and oxygen atoms in total. The first-order chi connectivity index (χ1) is 11.7. The van der Waals surface area contributed by atoms with Gasteiger partial charge in [-0.1, -0.05) is 30.3 Å². The third-order valence-electron chi connectivity index (χ3n) is 3.69. The molecule has 1 atom stereocenters. The molecule has 1 aromatic heterocycles. The van der Waals surface area contributed by atoms with E-state index in [-0.39, 0.29) is 18.2 Å². The third-order valence-corrected chi connectivity index (χ3v) is 3.69. The predicted octanol–water partition coefficient (Wildman–Crippen LogP) is 3.31. The average Bonchev–Trinajstić information content (AvgIpc) is 3.10. The summed E-state index contributed by atoms with van der Waals surface area (Å²) >= 11 is 0. The Morgan fingerprint density at radius 1 is 1.08 bits per heavy atom. The maximum Gasteiger partial charge on any atom is 0.154 e. The normalized spacial score (nSPS) is 11.4. The summed E-state index contributed by atoms with van der Waals surface area (Å²) in [4.78, 5) is 19.1. The Morgan fingerprint density at radius 2 is 1.76 bits per heavy atom. The van der Waals surface area contributed by atoms with E-state index in [1.807, 2.05) is 54.6 Å². The molecule has 130 valence electrons. The minimum absolute atomic E-state index is 0. The first-order valence-electron chi connectivity index (χ1n) is 7.78. The summed E-state index contributed by atoms with van der Waals surface area (Å²) in [5.41, 5.74) is 7.75. The number of nitrogens with two attached hydrogens (primary N) is 1. The van der Waals surface area contributed by atoms with E-state index in [0.717, 1.165) is 22.8 Å². The van der Waals surface area contributed by atoms with Crippen LogP contribution in [-0.2, 0) is 17.6 Å². The Balaban J connectivity index is 0.00000225. The monoisotopic (exact) mass is 357 g/mol. The molecule has 0 radical (unpaired) electrons. The second-order valence-corrected chi connectivity index (χ2v) is 5.59. The number of hydrogen-bond donors (Lipinski definition) is 2. The molecule has 0 amide bonds. The topological polar surface area (TPSA) is 81.0 Å². The number of rotatable bonds is 7. The van der Waals surface area contributed by atoms with Gasteiger partial charge in [0.2, 0.25) is 0 Å². The molecule has 0 aliphatic rings. The highest BCUT2D eigenvalue weighted by molar-refractivity contribution is 5.86. The van der Waals surface area contributed by atoms with Gasteiger partial charge in [0.1, 0.15) is 11.5 Å². The number of ketones is 1. The Hall–Kier alpha value is -2.63. The van der Waals surface area contributed by atoms with Crippen LogP contribution in [-0.4, -0.2) is 21.8 Å². The molecule has 1 heterocycles. The molecule has 3 N–H and O–H groups in total. The first kappa shape index (κ1) is 18.7. The van der Waals surface area contributed by atoms with Crippen LogP contribution in [0.1, 0.15) is 11.3 Å². The quantitative estimate of drug-likeness (QED) is 0.679. The second-order valence-electron chi connectivity index (χ2n) is 5.59. The number of Topliss-reactive ketones (excluding diaryl/α,β-unsaturated/α-hetero) is 1. The SMILES string of the molecule is Cl.N[C@@H](Cc1cnc[nH]1)C(=O)Cc1ccc(Oc2ccccc2)cc1. The Kier molecular flexibility index (Phi) is 6.74. The van der Waals surface area contributed by atoms with Crippen LogP contribution in [0.5, 0.6) is 11.5 Å². The fourth-order valence-electron chi connectivity index (χ4n) is 2.38. The predicted molar refractivity (Wildman–Crippen MR) is 99.2 cm³/mol. The molecule has 0 aliphatic carbocycles. The number of imidazole rings is 1. The van der Waals surface area contributed by atoms with Crippen LogP contribution in [0.25, 0.3) is 0 Å². The van der Waals surface area contributed by atoms with Gasteiger partial charge in [-0.15, -0.1) is 12.4 Å². The molecular formula is C19H20ClN3O2. The van der Waals surface area contributed by atoms with Gasteiger partial charge >= 0.3 is 0 Å². The van der Waals surface area contributed by atoms with Crippen LogP contribution >= 0.6 is 12.4 Å². The molecule has 0 aliphatic heterocycles. The van der Waals surface area contributed by atoms with E-state index in [2.05, 4.69) is 9.97 Å². The second kappa shape index (κ2) is 9.01. The van der Waals surface area contributed by atoms with E-state index in [1.54, 1.807) is 12.5 Å². The summed E-state index contributed by atoms with van der Waals surface area (Å²) in [6.07, 6.45) is 4.04. The summed E-state index contributed by atoms with van der Waals surface area (Å²) in [7, 11) is 0. The van der Waals surface area contributed by atoms with Crippen molar-refractivity contribution >= 4 is 18.2 Å². The maximum absolute atomic E-state index is 12.2. The van der Waals surface area contributed by atoms with Gasteiger partial charge in [0.15, 0.2) is 5.78 Å². The molecule has 25 heavy (non-hydrogen) atoms. The number of para-hydroxylation sites is 1. The van der Waals surface area contributed by atoms with Gasteiger partial charge in [0.25, 0.3) is 0 Å². The van der Waals surface area contributed by atoms with Gasteiger partial charge in [0.05, 0.1) is 12.4 Å². The lowest BCUT2D eigenvalue weighted by atomic mass is 10.0. The Labute approximate surface area is 152 Å². The van der Waals surface area contributed by atoms with Gasteiger partial charge in [-0.25, -0.2) is 4.98 Å². The van der Waals surface area contributed by atoms with E-state index in [9.17, 15) is 4.79 Å². The van der Waals surface area contributed by atoms with Gasteiger partial charge in [-0.05, 0) is 29.8 Å². The maximum atomic E-state index is 12.2. The van der Waals surface area contributed by atoms with Gasteiger partial charge < -0.3 is 15.5 Å². The first-order valence-corrected chi connectivity index (χ1v) is 7.78. The van der Waals surface area contributed by atoms with Gasteiger partial charge in [-0.2, -0.15) is 0 Å². The number of nitrogens with zero attached hydrogens (tertiary/aromatic N) is 1. The lowest BCUT2D eigenvalue weighted by Gasteiger charge is -2.10. The Bertz CT molecular complexity index is 774. The summed E-state index contributed by atoms with van der Waals surface area (Å²) in [6.45, 7) is 0. The molecule has 3 aromatic rings. The van der Waals surface area contributed by atoms with Crippen LogP contribution in [0.3, 0.4) is 0 Å². The summed E-state index contributed by atoms with van der Waals surface area (Å²) in [5.74, 6) is 1.52. The van der Waals surface area contributed by atoms with E-state index >= 15 is 0 Å². The fourth-order valence-corrected chi connectivity index (χ4v) is 2.38. The zero-order valence-corrected chi connectivity index (χ0v) is 14.4. The smallest absolute Gasteiger partial charge is 0.154 e.